The number of amides is 2. The number of anilines is 1. The fourth-order valence-electron chi connectivity index (χ4n) is 2.45. The van der Waals surface area contributed by atoms with E-state index in [4.69, 9.17) is 16.3 Å². The van der Waals surface area contributed by atoms with Crippen molar-refractivity contribution in [1.29, 1.82) is 0 Å². The summed E-state index contributed by atoms with van der Waals surface area (Å²) in [4.78, 5) is 24.7. The van der Waals surface area contributed by atoms with E-state index in [-0.39, 0.29) is 11.8 Å². The van der Waals surface area contributed by atoms with Gasteiger partial charge in [0.05, 0.1) is 12.8 Å². The van der Waals surface area contributed by atoms with Crippen molar-refractivity contribution in [3.05, 3.63) is 58.6 Å². The van der Waals surface area contributed by atoms with E-state index in [1.807, 2.05) is 0 Å². The molecule has 0 radical (unpaired) electrons. The average molecular weight is 375 g/mol. The minimum atomic E-state index is -0.341. The van der Waals surface area contributed by atoms with Crippen molar-refractivity contribution < 1.29 is 14.3 Å². The molecule has 0 unspecified atom stereocenters. The number of halogens is 1. The maximum absolute atomic E-state index is 12.5. The van der Waals surface area contributed by atoms with E-state index in [2.05, 4.69) is 17.6 Å². The van der Waals surface area contributed by atoms with Crippen LogP contribution in [0.1, 0.15) is 46.9 Å². The summed E-state index contributed by atoms with van der Waals surface area (Å²) in [5.74, 6) is -0.0186. The van der Waals surface area contributed by atoms with Crippen LogP contribution in [-0.4, -0.2) is 25.5 Å². The average Bonchev–Trinajstić information content (AvgIpc) is 2.65. The summed E-state index contributed by atoms with van der Waals surface area (Å²) in [6.07, 6.45) is 3.11. The van der Waals surface area contributed by atoms with Gasteiger partial charge in [0.2, 0.25) is 0 Å². The fraction of sp³-hybridized carbons (Fsp3) is 0.300. The van der Waals surface area contributed by atoms with Crippen LogP contribution >= 0.6 is 11.6 Å². The number of nitrogens with one attached hydrogen (secondary N) is 2. The zero-order valence-corrected chi connectivity index (χ0v) is 15.7. The molecule has 2 aromatic rings. The van der Waals surface area contributed by atoms with E-state index in [1.54, 1.807) is 42.5 Å². The van der Waals surface area contributed by atoms with E-state index in [1.165, 1.54) is 7.11 Å². The van der Waals surface area contributed by atoms with Gasteiger partial charge in [-0.05, 0) is 42.8 Å². The highest BCUT2D eigenvalue weighted by molar-refractivity contribution is 6.31. The third-order valence-electron chi connectivity index (χ3n) is 3.86. The summed E-state index contributed by atoms with van der Waals surface area (Å²) in [6, 6.07) is 11.6. The molecule has 0 fully saturated rings. The van der Waals surface area contributed by atoms with E-state index in [0.717, 1.165) is 19.3 Å². The summed E-state index contributed by atoms with van der Waals surface area (Å²) in [6.45, 7) is 2.74. The Morgan fingerprint density at radius 3 is 2.46 bits per heavy atom. The third-order valence-corrected chi connectivity index (χ3v) is 4.10. The number of hydrogen-bond donors (Lipinski definition) is 2. The monoisotopic (exact) mass is 374 g/mol. The first kappa shape index (κ1) is 19.8. The molecule has 2 amide bonds. The number of methoxy groups -OCH3 is 1. The Morgan fingerprint density at radius 1 is 1.04 bits per heavy atom. The van der Waals surface area contributed by atoms with Crippen LogP contribution in [0.2, 0.25) is 5.02 Å². The lowest BCUT2D eigenvalue weighted by Gasteiger charge is -2.11. The van der Waals surface area contributed by atoms with Crippen molar-refractivity contribution in [2.75, 3.05) is 19.0 Å². The zero-order chi connectivity index (χ0) is 18.9. The first-order valence-electron chi connectivity index (χ1n) is 8.58. The first-order valence-corrected chi connectivity index (χ1v) is 8.96. The molecule has 5 nitrogen and oxygen atoms in total. The van der Waals surface area contributed by atoms with Crippen molar-refractivity contribution in [1.82, 2.24) is 5.32 Å². The smallest absolute Gasteiger partial charge is 0.255 e. The Balaban J connectivity index is 2.08. The lowest BCUT2D eigenvalue weighted by atomic mass is 10.1. The molecule has 2 N–H and O–H groups in total. The van der Waals surface area contributed by atoms with Crippen LogP contribution in [0.15, 0.2) is 42.5 Å². The minimum absolute atomic E-state index is 0.184. The van der Waals surface area contributed by atoms with Crippen LogP contribution in [0.5, 0.6) is 5.75 Å². The summed E-state index contributed by atoms with van der Waals surface area (Å²) in [5.41, 5.74) is 1.31. The van der Waals surface area contributed by atoms with Crippen molar-refractivity contribution in [3.8, 4) is 5.75 Å². The van der Waals surface area contributed by atoms with Crippen molar-refractivity contribution >= 4 is 29.1 Å². The van der Waals surface area contributed by atoms with Gasteiger partial charge >= 0.3 is 0 Å². The highest BCUT2D eigenvalue weighted by Crippen LogP contribution is 2.28. The molecule has 6 heteroatoms. The van der Waals surface area contributed by atoms with Crippen LogP contribution in [0, 0.1) is 0 Å². The van der Waals surface area contributed by atoms with Crippen molar-refractivity contribution in [2.45, 2.75) is 26.2 Å². The second-order valence-electron chi connectivity index (χ2n) is 5.84. The summed E-state index contributed by atoms with van der Waals surface area (Å²) in [5, 5.41) is 6.12. The molecular formula is C20H23ClN2O3. The lowest BCUT2D eigenvalue weighted by Crippen LogP contribution is -2.24. The molecule has 26 heavy (non-hydrogen) atoms. The van der Waals surface area contributed by atoms with Gasteiger partial charge in [-0.2, -0.15) is 0 Å². The number of ether oxygens (including phenoxy) is 1. The number of carbonyl (C=O) groups excluding carboxylic acids is 2. The quantitative estimate of drug-likeness (QED) is 0.667. The predicted octanol–water partition coefficient (Wildman–Crippen LogP) is 4.52. The van der Waals surface area contributed by atoms with Gasteiger partial charge < -0.3 is 15.4 Å². The maximum Gasteiger partial charge on any atom is 0.255 e. The first-order chi connectivity index (χ1) is 12.5. The van der Waals surface area contributed by atoms with E-state index in [0.29, 0.717) is 34.1 Å². The molecule has 0 aliphatic heterocycles. The standard InChI is InChI=1S/C20H23ClN2O3/c1-3-4-5-11-22-19(24)14-7-6-8-15(12-14)20(25)23-17-13-16(21)9-10-18(17)26-2/h6-10,12-13H,3-5,11H2,1-2H3,(H,22,24)(H,23,25). The van der Waals surface area contributed by atoms with Gasteiger partial charge in [0.25, 0.3) is 11.8 Å². The van der Waals surface area contributed by atoms with Gasteiger partial charge in [-0.3, -0.25) is 9.59 Å². The second kappa shape index (κ2) is 9.82. The molecule has 0 aliphatic carbocycles. The van der Waals surface area contributed by atoms with Crippen LogP contribution < -0.4 is 15.4 Å². The summed E-state index contributed by atoms with van der Waals surface area (Å²) in [7, 11) is 1.52. The number of benzene rings is 2. The number of rotatable bonds is 8. The van der Waals surface area contributed by atoms with Gasteiger partial charge in [-0.25, -0.2) is 0 Å². The molecule has 138 valence electrons. The topological polar surface area (TPSA) is 67.4 Å². The van der Waals surface area contributed by atoms with E-state index >= 15 is 0 Å². The molecule has 0 saturated heterocycles. The lowest BCUT2D eigenvalue weighted by molar-refractivity contribution is 0.0953. The number of hydrogen-bond acceptors (Lipinski definition) is 3. The molecule has 0 aromatic heterocycles. The number of unbranched alkanes of at least 4 members (excludes halogenated alkanes) is 2. The highest BCUT2D eigenvalue weighted by Gasteiger charge is 2.13. The SMILES string of the molecule is CCCCCNC(=O)c1cccc(C(=O)Nc2cc(Cl)ccc2OC)c1. The summed E-state index contributed by atoms with van der Waals surface area (Å²) < 4.78 is 5.23. The van der Waals surface area contributed by atoms with E-state index in [9.17, 15) is 9.59 Å². The van der Waals surface area contributed by atoms with Gasteiger partial charge in [-0.15, -0.1) is 0 Å². The highest BCUT2D eigenvalue weighted by atomic mass is 35.5. The molecule has 2 rings (SSSR count). The predicted molar refractivity (Wildman–Crippen MR) is 104 cm³/mol. The van der Waals surface area contributed by atoms with Crippen LogP contribution in [-0.2, 0) is 0 Å². The Hall–Kier alpha value is -2.53. The van der Waals surface area contributed by atoms with Gasteiger partial charge in [0.15, 0.2) is 0 Å². The Morgan fingerprint density at radius 2 is 1.77 bits per heavy atom. The molecule has 0 spiro atoms. The maximum atomic E-state index is 12.5. The normalized spacial score (nSPS) is 10.3. The third kappa shape index (κ3) is 5.49. The van der Waals surface area contributed by atoms with Crippen LogP contribution in [0.3, 0.4) is 0 Å². The molecule has 0 aliphatic rings. The van der Waals surface area contributed by atoms with Crippen molar-refractivity contribution in [2.24, 2.45) is 0 Å². The zero-order valence-electron chi connectivity index (χ0n) is 15.0. The minimum Gasteiger partial charge on any atom is -0.495 e. The Bertz CT molecular complexity index is 777. The van der Waals surface area contributed by atoms with E-state index < -0.39 is 0 Å². The number of carbonyl (C=O) groups is 2. The van der Waals surface area contributed by atoms with Gasteiger partial charge in [0, 0.05) is 22.7 Å². The largest absolute Gasteiger partial charge is 0.495 e. The molecule has 0 saturated carbocycles. The summed E-state index contributed by atoms with van der Waals surface area (Å²) >= 11 is 5.98. The van der Waals surface area contributed by atoms with Gasteiger partial charge in [-0.1, -0.05) is 37.4 Å². The molecule has 0 heterocycles. The molecule has 0 bridgehead atoms. The second-order valence-corrected chi connectivity index (χ2v) is 6.28. The Labute approximate surface area is 158 Å². The van der Waals surface area contributed by atoms with Gasteiger partial charge in [0.1, 0.15) is 5.75 Å². The van der Waals surface area contributed by atoms with Crippen LogP contribution in [0.4, 0.5) is 5.69 Å². The molecular weight excluding hydrogens is 352 g/mol. The van der Waals surface area contributed by atoms with Crippen LogP contribution in [0.25, 0.3) is 0 Å². The molecule has 0 atom stereocenters. The molecule has 2 aromatic carbocycles. The Kier molecular flexibility index (Phi) is 7.48. The fourth-order valence-corrected chi connectivity index (χ4v) is 2.63. The van der Waals surface area contributed by atoms with Crippen molar-refractivity contribution in [3.63, 3.8) is 0 Å².